The third-order valence-electron chi connectivity index (χ3n) is 1.71. The summed E-state index contributed by atoms with van der Waals surface area (Å²) in [6, 6.07) is 0. The molecule has 2 heteroatoms. The Bertz CT molecular complexity index is 96.4. The van der Waals surface area contributed by atoms with Gasteiger partial charge in [0.25, 0.3) is 0 Å². The van der Waals surface area contributed by atoms with Crippen LogP contribution in [0.5, 0.6) is 0 Å². The molecule has 2 nitrogen and oxygen atoms in total. The number of unbranched alkanes of at least 4 members (excludes halogenated alkanes) is 5. The Hall–Kier alpha value is -0.790. The number of allylic oxidation sites excluding steroid dienone is 1. The molecule has 0 saturated heterocycles. The summed E-state index contributed by atoms with van der Waals surface area (Å²) in [4.78, 5) is 9.62. The molecule has 0 aliphatic rings. The quantitative estimate of drug-likeness (QED) is 0.391. The van der Waals surface area contributed by atoms with Gasteiger partial charge in [-0.2, -0.15) is 0 Å². The molecule has 12 heavy (non-hydrogen) atoms. The Kier molecular flexibility index (Phi) is 9.54. The van der Waals surface area contributed by atoms with Crippen LogP contribution in [0.15, 0.2) is 12.7 Å². The fourth-order valence-corrected chi connectivity index (χ4v) is 1.03. The molecule has 0 aromatic carbocycles. The van der Waals surface area contributed by atoms with Gasteiger partial charge in [0.15, 0.2) is 0 Å². The van der Waals surface area contributed by atoms with Crippen molar-refractivity contribution in [2.75, 3.05) is 6.61 Å². The molecule has 0 aliphatic carbocycles. The first kappa shape index (κ1) is 11.2. The Morgan fingerprint density at radius 3 is 2.50 bits per heavy atom. The average Bonchev–Trinajstić information content (AvgIpc) is 2.10. The lowest BCUT2D eigenvalue weighted by Gasteiger charge is -1.98. The van der Waals surface area contributed by atoms with E-state index in [1.165, 1.54) is 25.7 Å². The summed E-state index contributed by atoms with van der Waals surface area (Å²) in [5.41, 5.74) is 0. The summed E-state index contributed by atoms with van der Waals surface area (Å²) >= 11 is 0. The van der Waals surface area contributed by atoms with Crippen molar-refractivity contribution < 1.29 is 9.53 Å². The second-order valence-corrected chi connectivity index (χ2v) is 2.78. The molecular formula is C10H17O2. The van der Waals surface area contributed by atoms with Gasteiger partial charge in [0, 0.05) is 0 Å². The molecule has 0 amide bonds. The third kappa shape index (κ3) is 9.21. The predicted molar refractivity (Wildman–Crippen MR) is 49.5 cm³/mol. The molecule has 0 N–H and O–H groups in total. The highest BCUT2D eigenvalue weighted by Gasteiger charge is 1.89. The SMILES string of the molecule is C=CCCCCCCCO[C]=O. The van der Waals surface area contributed by atoms with E-state index in [0.717, 1.165) is 19.3 Å². The van der Waals surface area contributed by atoms with E-state index in [1.54, 1.807) is 0 Å². The summed E-state index contributed by atoms with van der Waals surface area (Å²) < 4.78 is 4.44. The van der Waals surface area contributed by atoms with E-state index in [9.17, 15) is 4.79 Å². The van der Waals surface area contributed by atoms with Crippen LogP contribution in [0.4, 0.5) is 0 Å². The zero-order valence-corrected chi connectivity index (χ0v) is 7.55. The smallest absolute Gasteiger partial charge is 0.417 e. The van der Waals surface area contributed by atoms with Crippen molar-refractivity contribution in [1.82, 2.24) is 0 Å². The Balaban J connectivity index is 2.81. The molecule has 0 heterocycles. The van der Waals surface area contributed by atoms with E-state index in [1.807, 2.05) is 6.08 Å². The first-order valence-corrected chi connectivity index (χ1v) is 4.51. The molecule has 0 fully saturated rings. The lowest BCUT2D eigenvalue weighted by molar-refractivity contribution is 0.268. The standard InChI is InChI=1S/C10H17O2/c1-2-3-4-5-6-7-8-9-12-10-11/h2H,1,3-9H2. The van der Waals surface area contributed by atoms with Crippen LogP contribution in [0.1, 0.15) is 38.5 Å². The zero-order valence-electron chi connectivity index (χ0n) is 7.55. The van der Waals surface area contributed by atoms with Crippen LogP contribution in [-0.2, 0) is 9.53 Å². The van der Waals surface area contributed by atoms with Gasteiger partial charge in [-0.15, -0.1) is 6.58 Å². The monoisotopic (exact) mass is 169 g/mol. The molecule has 0 aliphatic heterocycles. The van der Waals surface area contributed by atoms with Crippen molar-refractivity contribution in [3.63, 3.8) is 0 Å². The number of carbonyl (C=O) groups excluding carboxylic acids is 1. The van der Waals surface area contributed by atoms with Crippen molar-refractivity contribution in [3.8, 4) is 0 Å². The van der Waals surface area contributed by atoms with Crippen molar-refractivity contribution >= 4 is 6.47 Å². The normalized spacial score (nSPS) is 9.33. The van der Waals surface area contributed by atoms with E-state index in [-0.39, 0.29) is 0 Å². The van der Waals surface area contributed by atoms with Gasteiger partial charge in [-0.05, 0) is 19.3 Å². The molecule has 69 valence electrons. The van der Waals surface area contributed by atoms with E-state index >= 15 is 0 Å². The van der Waals surface area contributed by atoms with Crippen molar-refractivity contribution in [1.29, 1.82) is 0 Å². The minimum atomic E-state index is 0.519. The molecule has 1 radical (unpaired) electrons. The van der Waals surface area contributed by atoms with Crippen molar-refractivity contribution in [2.24, 2.45) is 0 Å². The zero-order chi connectivity index (χ0) is 9.07. The van der Waals surface area contributed by atoms with E-state index in [0.29, 0.717) is 6.61 Å². The lowest BCUT2D eigenvalue weighted by Crippen LogP contribution is -1.90. The Labute approximate surface area is 74.6 Å². The highest BCUT2D eigenvalue weighted by Crippen LogP contribution is 2.05. The topological polar surface area (TPSA) is 26.3 Å². The summed E-state index contributed by atoms with van der Waals surface area (Å²) in [5.74, 6) is 0. The van der Waals surface area contributed by atoms with E-state index in [2.05, 4.69) is 11.3 Å². The van der Waals surface area contributed by atoms with Crippen LogP contribution < -0.4 is 0 Å². The molecular weight excluding hydrogens is 152 g/mol. The second-order valence-electron chi connectivity index (χ2n) is 2.78. The summed E-state index contributed by atoms with van der Waals surface area (Å²) in [6.07, 6.45) is 8.85. The van der Waals surface area contributed by atoms with Gasteiger partial charge < -0.3 is 4.74 Å². The van der Waals surface area contributed by atoms with Crippen LogP contribution in [0.2, 0.25) is 0 Å². The van der Waals surface area contributed by atoms with Gasteiger partial charge in [0.1, 0.15) is 0 Å². The molecule has 0 aromatic rings. The van der Waals surface area contributed by atoms with Gasteiger partial charge in [-0.25, -0.2) is 4.79 Å². The van der Waals surface area contributed by atoms with Crippen LogP contribution in [0.25, 0.3) is 0 Å². The molecule has 0 spiro atoms. The summed E-state index contributed by atoms with van der Waals surface area (Å²) in [7, 11) is 0. The minimum absolute atomic E-state index is 0.519. The molecule has 0 saturated carbocycles. The average molecular weight is 169 g/mol. The van der Waals surface area contributed by atoms with Gasteiger partial charge in [-0.1, -0.05) is 25.3 Å². The number of hydrogen-bond acceptors (Lipinski definition) is 2. The predicted octanol–water partition coefficient (Wildman–Crippen LogP) is 2.60. The number of rotatable bonds is 9. The van der Waals surface area contributed by atoms with E-state index < -0.39 is 0 Å². The maximum absolute atomic E-state index is 9.62. The number of ether oxygens (including phenoxy) is 1. The van der Waals surface area contributed by atoms with Gasteiger partial charge >= 0.3 is 6.47 Å². The molecule has 0 bridgehead atoms. The first-order valence-electron chi connectivity index (χ1n) is 4.51. The first-order chi connectivity index (χ1) is 5.91. The minimum Gasteiger partial charge on any atom is -0.457 e. The van der Waals surface area contributed by atoms with Crippen LogP contribution >= 0.6 is 0 Å². The number of hydrogen-bond donors (Lipinski definition) is 0. The Morgan fingerprint density at radius 1 is 1.17 bits per heavy atom. The second kappa shape index (κ2) is 10.2. The summed E-state index contributed by atoms with van der Waals surface area (Å²) in [6.45, 7) is 5.59. The lowest BCUT2D eigenvalue weighted by atomic mass is 10.1. The molecule has 0 aromatic heterocycles. The van der Waals surface area contributed by atoms with Crippen LogP contribution in [0.3, 0.4) is 0 Å². The highest BCUT2D eigenvalue weighted by molar-refractivity contribution is 5.37. The largest absolute Gasteiger partial charge is 0.457 e. The Morgan fingerprint density at radius 2 is 1.83 bits per heavy atom. The van der Waals surface area contributed by atoms with Crippen LogP contribution in [-0.4, -0.2) is 13.1 Å². The fraction of sp³-hybridized carbons (Fsp3) is 0.700. The van der Waals surface area contributed by atoms with Gasteiger partial charge in [-0.3, -0.25) is 0 Å². The van der Waals surface area contributed by atoms with E-state index in [4.69, 9.17) is 0 Å². The van der Waals surface area contributed by atoms with Crippen molar-refractivity contribution in [3.05, 3.63) is 12.7 Å². The molecule has 0 atom stereocenters. The summed E-state index contributed by atoms with van der Waals surface area (Å²) in [5, 5.41) is 0. The molecule has 0 unspecified atom stereocenters. The van der Waals surface area contributed by atoms with Crippen LogP contribution in [0, 0.1) is 0 Å². The maximum Gasteiger partial charge on any atom is 0.417 e. The fourth-order valence-electron chi connectivity index (χ4n) is 1.03. The molecule has 0 rings (SSSR count). The highest BCUT2D eigenvalue weighted by atomic mass is 16.5. The van der Waals surface area contributed by atoms with Gasteiger partial charge in [0.05, 0.1) is 6.61 Å². The van der Waals surface area contributed by atoms with Crippen molar-refractivity contribution in [2.45, 2.75) is 38.5 Å². The maximum atomic E-state index is 9.62. The van der Waals surface area contributed by atoms with Gasteiger partial charge in [0.2, 0.25) is 0 Å². The third-order valence-corrected chi connectivity index (χ3v) is 1.71.